The van der Waals surface area contributed by atoms with Crippen LogP contribution < -0.4 is 11.5 Å². The number of hydrogen-bond donors (Lipinski definition) is 2. The molecule has 1 aromatic carbocycles. The molecule has 2 rings (SSSR count). The molecule has 5 atom stereocenters. The molecule has 0 aromatic heterocycles. The lowest BCUT2D eigenvalue weighted by Gasteiger charge is -2.41. The molecule has 0 heterocycles. The summed E-state index contributed by atoms with van der Waals surface area (Å²) in [6.45, 7) is 7.35. The predicted octanol–water partition coefficient (Wildman–Crippen LogP) is 3.03. The maximum absolute atomic E-state index is 6.32. The third-order valence-corrected chi connectivity index (χ3v) is 5.10. The van der Waals surface area contributed by atoms with Crippen molar-refractivity contribution in [3.8, 4) is 0 Å². The minimum atomic E-state index is 0.114. The van der Waals surface area contributed by atoms with E-state index in [1.54, 1.807) is 0 Å². The van der Waals surface area contributed by atoms with Crippen LogP contribution in [0.1, 0.15) is 31.4 Å². The summed E-state index contributed by atoms with van der Waals surface area (Å²) in [6, 6.07) is 8.74. The highest BCUT2D eigenvalue weighted by Gasteiger charge is 2.37. The lowest BCUT2D eigenvalue weighted by molar-refractivity contribution is 0.144. The summed E-state index contributed by atoms with van der Waals surface area (Å²) >= 11 is 0. The molecule has 0 spiro atoms. The average molecular weight is 299 g/mol. The monoisotopic (exact) mass is 299 g/mol. The van der Waals surface area contributed by atoms with Crippen LogP contribution >= 0.6 is 0 Å². The van der Waals surface area contributed by atoms with E-state index in [4.69, 9.17) is 16.5 Å². The second-order valence-corrected chi connectivity index (χ2v) is 6.68. The highest BCUT2D eigenvalue weighted by Crippen LogP contribution is 2.35. The Hall–Kier alpha value is -1.45. The highest BCUT2D eigenvalue weighted by molar-refractivity contribution is 5.78. The molecular formula is C19H29N3. The van der Waals surface area contributed by atoms with Crippen LogP contribution in [0.3, 0.4) is 0 Å². The van der Waals surface area contributed by atoms with Crippen molar-refractivity contribution >= 4 is 12.3 Å². The molecule has 1 aliphatic carbocycles. The quantitative estimate of drug-likeness (QED) is 0.839. The first-order valence-corrected chi connectivity index (χ1v) is 8.25. The first-order chi connectivity index (χ1) is 10.5. The van der Waals surface area contributed by atoms with Gasteiger partial charge in [-0.25, -0.2) is 0 Å². The fourth-order valence-electron chi connectivity index (χ4n) is 3.47. The van der Waals surface area contributed by atoms with E-state index in [1.807, 2.05) is 12.3 Å². The number of nitrogens with two attached hydrogens (primary N) is 2. The molecule has 3 nitrogen and oxygen atoms in total. The summed E-state index contributed by atoms with van der Waals surface area (Å²) in [5.74, 6) is 1.58. The molecular weight excluding hydrogens is 270 g/mol. The summed E-state index contributed by atoms with van der Waals surface area (Å²) in [5.41, 5.74) is 14.6. The van der Waals surface area contributed by atoms with E-state index < -0.39 is 0 Å². The maximum atomic E-state index is 6.32. The van der Waals surface area contributed by atoms with Gasteiger partial charge in [-0.05, 0) is 49.3 Å². The molecule has 0 saturated heterocycles. The van der Waals surface area contributed by atoms with E-state index in [-0.39, 0.29) is 12.1 Å². The van der Waals surface area contributed by atoms with Gasteiger partial charge in [-0.3, -0.25) is 4.99 Å². The normalized spacial score (nSPS) is 32.9. The van der Waals surface area contributed by atoms with Gasteiger partial charge in [-0.2, -0.15) is 0 Å². The van der Waals surface area contributed by atoms with Crippen LogP contribution in [0, 0.1) is 24.7 Å². The molecule has 22 heavy (non-hydrogen) atoms. The number of nitrogens with zero attached hydrogens (tertiary/aromatic N) is 1. The summed E-state index contributed by atoms with van der Waals surface area (Å²) in [7, 11) is 0. The lowest BCUT2D eigenvalue weighted by Crippen LogP contribution is -2.49. The largest absolute Gasteiger partial charge is 0.330 e. The van der Waals surface area contributed by atoms with Gasteiger partial charge in [0.1, 0.15) is 0 Å². The van der Waals surface area contributed by atoms with Gasteiger partial charge >= 0.3 is 0 Å². The Kier molecular flexibility index (Phi) is 5.92. The van der Waals surface area contributed by atoms with E-state index >= 15 is 0 Å². The predicted molar refractivity (Wildman–Crippen MR) is 96.0 cm³/mol. The van der Waals surface area contributed by atoms with Gasteiger partial charge in [0.2, 0.25) is 0 Å². The molecule has 1 aromatic rings. The molecule has 0 radical (unpaired) electrons. The lowest BCUT2D eigenvalue weighted by atomic mass is 9.69. The molecule has 120 valence electrons. The Morgan fingerprint density at radius 2 is 2.05 bits per heavy atom. The van der Waals surface area contributed by atoms with Crippen LogP contribution in [0.25, 0.3) is 6.08 Å². The zero-order valence-corrected chi connectivity index (χ0v) is 13.9. The topological polar surface area (TPSA) is 64.4 Å². The number of aliphatic imine (C=N–C) groups is 1. The van der Waals surface area contributed by atoms with Gasteiger partial charge in [0.25, 0.3) is 0 Å². The molecule has 5 unspecified atom stereocenters. The van der Waals surface area contributed by atoms with Crippen LogP contribution in [0.4, 0.5) is 0 Å². The molecule has 0 aliphatic heterocycles. The Morgan fingerprint density at radius 3 is 2.73 bits per heavy atom. The zero-order valence-electron chi connectivity index (χ0n) is 13.9. The third-order valence-electron chi connectivity index (χ3n) is 5.10. The summed E-state index contributed by atoms with van der Waals surface area (Å²) < 4.78 is 0. The zero-order chi connectivity index (χ0) is 16.1. The second kappa shape index (κ2) is 7.70. The first-order valence-electron chi connectivity index (χ1n) is 8.25. The summed E-state index contributed by atoms with van der Waals surface area (Å²) in [5, 5.41) is 0. The van der Waals surface area contributed by atoms with Crippen molar-refractivity contribution in [2.75, 3.05) is 6.54 Å². The van der Waals surface area contributed by atoms with Crippen LogP contribution in [-0.4, -0.2) is 24.8 Å². The van der Waals surface area contributed by atoms with Crippen LogP contribution in [0.15, 0.2) is 35.3 Å². The van der Waals surface area contributed by atoms with Gasteiger partial charge < -0.3 is 11.5 Å². The van der Waals surface area contributed by atoms with Crippen molar-refractivity contribution in [2.24, 2.45) is 34.2 Å². The van der Waals surface area contributed by atoms with Crippen LogP contribution in [0.2, 0.25) is 0 Å². The summed E-state index contributed by atoms with van der Waals surface area (Å²) in [6.07, 6.45) is 6.97. The molecule has 0 bridgehead atoms. The minimum absolute atomic E-state index is 0.114. The number of rotatable bonds is 4. The van der Waals surface area contributed by atoms with E-state index in [0.717, 1.165) is 13.0 Å². The van der Waals surface area contributed by atoms with Gasteiger partial charge in [0.05, 0.1) is 6.04 Å². The number of allylic oxidation sites excluding steroid dienone is 1. The molecule has 3 heteroatoms. The third kappa shape index (κ3) is 4.05. The van der Waals surface area contributed by atoms with Crippen molar-refractivity contribution in [1.29, 1.82) is 0 Å². The maximum Gasteiger partial charge on any atom is 0.0678 e. The van der Waals surface area contributed by atoms with E-state index in [2.05, 4.69) is 51.1 Å². The number of benzene rings is 1. The molecule has 4 N–H and O–H groups in total. The molecule has 1 saturated carbocycles. The standard InChI is InChI=1S/C19H29N3/c1-13-6-4-7-16(10-13)8-5-9-22-19-15(3)14(2)17(12-20)11-18(19)21/h4-10,14-15,17-19H,11-12,20-21H2,1-3H3/b8-5+,22-9?. The van der Waals surface area contributed by atoms with Gasteiger partial charge in [-0.1, -0.05) is 49.8 Å². The van der Waals surface area contributed by atoms with Gasteiger partial charge in [-0.15, -0.1) is 0 Å². The molecule has 1 aliphatic rings. The van der Waals surface area contributed by atoms with Crippen molar-refractivity contribution in [1.82, 2.24) is 0 Å². The smallest absolute Gasteiger partial charge is 0.0678 e. The fraction of sp³-hybridized carbons (Fsp3) is 0.526. The average Bonchev–Trinajstić information content (AvgIpc) is 2.50. The van der Waals surface area contributed by atoms with E-state index in [9.17, 15) is 0 Å². The Morgan fingerprint density at radius 1 is 1.27 bits per heavy atom. The highest BCUT2D eigenvalue weighted by atomic mass is 14.9. The Balaban J connectivity index is 2.00. The SMILES string of the molecule is Cc1cccc(/C=C/C=NC2C(N)CC(CN)C(C)C2C)c1. The summed E-state index contributed by atoms with van der Waals surface area (Å²) in [4.78, 5) is 4.72. The van der Waals surface area contributed by atoms with E-state index in [1.165, 1.54) is 11.1 Å². The van der Waals surface area contributed by atoms with Gasteiger partial charge in [0, 0.05) is 12.3 Å². The molecule has 0 amide bonds. The first kappa shape index (κ1) is 16.9. The number of aryl methyl sites for hydroxylation is 1. The molecule has 1 fully saturated rings. The minimum Gasteiger partial charge on any atom is -0.330 e. The van der Waals surface area contributed by atoms with Crippen molar-refractivity contribution in [3.05, 3.63) is 41.5 Å². The van der Waals surface area contributed by atoms with Gasteiger partial charge in [0.15, 0.2) is 0 Å². The van der Waals surface area contributed by atoms with Crippen LogP contribution in [0.5, 0.6) is 0 Å². The van der Waals surface area contributed by atoms with Crippen LogP contribution in [-0.2, 0) is 0 Å². The Bertz CT molecular complexity index is 535. The van der Waals surface area contributed by atoms with Crippen molar-refractivity contribution in [3.63, 3.8) is 0 Å². The van der Waals surface area contributed by atoms with Crippen molar-refractivity contribution in [2.45, 2.75) is 39.3 Å². The van der Waals surface area contributed by atoms with Crippen molar-refractivity contribution < 1.29 is 0 Å². The number of hydrogen-bond acceptors (Lipinski definition) is 3. The Labute approximate surface area is 134 Å². The van der Waals surface area contributed by atoms with E-state index in [0.29, 0.717) is 17.8 Å². The second-order valence-electron chi connectivity index (χ2n) is 6.68. The fourth-order valence-corrected chi connectivity index (χ4v) is 3.47.